The van der Waals surface area contributed by atoms with Crippen LogP contribution in [0.15, 0.2) is 12.3 Å². The van der Waals surface area contributed by atoms with Gasteiger partial charge in [0.15, 0.2) is 0 Å². The lowest BCUT2D eigenvalue weighted by Gasteiger charge is -2.13. The smallest absolute Gasteiger partial charge is 0.0627 e. The average molecular weight is 301 g/mol. The van der Waals surface area contributed by atoms with Crippen molar-refractivity contribution in [2.45, 2.75) is 58.9 Å². The van der Waals surface area contributed by atoms with Crippen LogP contribution in [0.25, 0.3) is 0 Å². The number of halogens is 1. The molecule has 0 saturated heterocycles. The molecular formula is C14H25BrN2. The van der Waals surface area contributed by atoms with E-state index in [4.69, 9.17) is 5.10 Å². The van der Waals surface area contributed by atoms with E-state index in [0.29, 0.717) is 6.04 Å². The maximum Gasteiger partial charge on any atom is 0.0627 e. The fraction of sp³-hybridized carbons (Fsp3) is 0.786. The molecule has 0 radical (unpaired) electrons. The number of aromatic nitrogens is 2. The van der Waals surface area contributed by atoms with E-state index in [1.165, 1.54) is 18.5 Å². The summed E-state index contributed by atoms with van der Waals surface area (Å²) in [6.45, 7) is 6.71. The van der Waals surface area contributed by atoms with Crippen LogP contribution in [0.2, 0.25) is 0 Å². The summed E-state index contributed by atoms with van der Waals surface area (Å²) in [5.41, 5.74) is 1.25. The minimum absolute atomic E-state index is 0.567. The Balaban J connectivity index is 2.60. The molecule has 0 spiro atoms. The fourth-order valence-electron chi connectivity index (χ4n) is 2.29. The first-order valence-corrected chi connectivity index (χ1v) is 7.97. The van der Waals surface area contributed by atoms with E-state index < -0.39 is 0 Å². The normalized spacial score (nSPS) is 13.2. The van der Waals surface area contributed by atoms with Gasteiger partial charge < -0.3 is 0 Å². The highest BCUT2D eigenvalue weighted by Crippen LogP contribution is 2.18. The SMILES string of the molecule is CCCC(CBr)Cc1ccn(C(CC)CC)n1. The van der Waals surface area contributed by atoms with Crippen LogP contribution in [0.3, 0.4) is 0 Å². The second-order valence-electron chi connectivity index (χ2n) is 4.77. The lowest BCUT2D eigenvalue weighted by Crippen LogP contribution is -2.10. The maximum atomic E-state index is 4.72. The summed E-state index contributed by atoms with van der Waals surface area (Å²) in [5.74, 6) is 0.727. The first-order valence-electron chi connectivity index (χ1n) is 6.85. The summed E-state index contributed by atoms with van der Waals surface area (Å²) < 4.78 is 2.15. The number of hydrogen-bond acceptors (Lipinski definition) is 1. The second-order valence-corrected chi connectivity index (χ2v) is 5.42. The van der Waals surface area contributed by atoms with Gasteiger partial charge in [0.25, 0.3) is 0 Å². The second kappa shape index (κ2) is 7.91. The van der Waals surface area contributed by atoms with Gasteiger partial charge in [-0.3, -0.25) is 4.68 Å². The topological polar surface area (TPSA) is 17.8 Å². The molecule has 1 aromatic rings. The zero-order valence-corrected chi connectivity index (χ0v) is 12.9. The molecule has 17 heavy (non-hydrogen) atoms. The van der Waals surface area contributed by atoms with Gasteiger partial charge >= 0.3 is 0 Å². The van der Waals surface area contributed by atoms with Crippen molar-refractivity contribution >= 4 is 15.9 Å². The van der Waals surface area contributed by atoms with E-state index in [1.807, 2.05) is 0 Å². The number of hydrogen-bond donors (Lipinski definition) is 0. The van der Waals surface area contributed by atoms with Crippen molar-refractivity contribution in [2.24, 2.45) is 5.92 Å². The summed E-state index contributed by atoms with van der Waals surface area (Å²) >= 11 is 3.60. The van der Waals surface area contributed by atoms with Gasteiger partial charge in [0, 0.05) is 11.5 Å². The van der Waals surface area contributed by atoms with Gasteiger partial charge in [0.05, 0.1) is 11.7 Å². The van der Waals surface area contributed by atoms with Gasteiger partial charge in [-0.05, 0) is 37.7 Å². The van der Waals surface area contributed by atoms with Crippen LogP contribution < -0.4 is 0 Å². The molecule has 1 heterocycles. The van der Waals surface area contributed by atoms with Crippen molar-refractivity contribution in [1.29, 1.82) is 0 Å². The van der Waals surface area contributed by atoms with E-state index in [0.717, 1.165) is 30.5 Å². The molecule has 2 nitrogen and oxygen atoms in total. The Morgan fingerprint density at radius 2 is 2.00 bits per heavy atom. The van der Waals surface area contributed by atoms with Gasteiger partial charge in [-0.1, -0.05) is 43.1 Å². The standard InChI is InChI=1S/C14H25BrN2/c1-4-7-12(11-15)10-13-8-9-17(16-13)14(5-2)6-3/h8-9,12,14H,4-7,10-11H2,1-3H3. The van der Waals surface area contributed by atoms with Gasteiger partial charge in [0.2, 0.25) is 0 Å². The van der Waals surface area contributed by atoms with Crippen molar-refractivity contribution in [3.05, 3.63) is 18.0 Å². The third-order valence-electron chi connectivity index (χ3n) is 3.39. The monoisotopic (exact) mass is 300 g/mol. The minimum Gasteiger partial charge on any atom is -0.269 e. The fourth-order valence-corrected chi connectivity index (χ4v) is 2.84. The average Bonchev–Trinajstić information content (AvgIpc) is 2.79. The van der Waals surface area contributed by atoms with Crippen LogP contribution in [0.4, 0.5) is 0 Å². The van der Waals surface area contributed by atoms with Crippen molar-refractivity contribution in [2.75, 3.05) is 5.33 Å². The van der Waals surface area contributed by atoms with Gasteiger partial charge in [0.1, 0.15) is 0 Å². The van der Waals surface area contributed by atoms with Crippen LogP contribution in [0, 0.1) is 5.92 Å². The summed E-state index contributed by atoms with van der Waals surface area (Å²) in [7, 11) is 0. The Kier molecular flexibility index (Phi) is 6.86. The molecule has 0 amide bonds. The van der Waals surface area contributed by atoms with Crippen molar-refractivity contribution in [1.82, 2.24) is 9.78 Å². The molecule has 1 rings (SSSR count). The maximum absolute atomic E-state index is 4.72. The highest BCUT2D eigenvalue weighted by Gasteiger charge is 2.12. The predicted octanol–water partition coefficient (Wildman–Crippen LogP) is 4.60. The minimum atomic E-state index is 0.567. The molecule has 0 fully saturated rings. The van der Waals surface area contributed by atoms with Crippen molar-refractivity contribution in [3.63, 3.8) is 0 Å². The molecular weight excluding hydrogens is 276 g/mol. The lowest BCUT2D eigenvalue weighted by atomic mass is 10.0. The molecule has 0 aliphatic heterocycles. The largest absolute Gasteiger partial charge is 0.269 e. The van der Waals surface area contributed by atoms with Crippen molar-refractivity contribution in [3.8, 4) is 0 Å². The van der Waals surface area contributed by atoms with E-state index in [1.54, 1.807) is 0 Å². The van der Waals surface area contributed by atoms with Gasteiger partial charge in [-0.25, -0.2) is 0 Å². The molecule has 1 unspecified atom stereocenters. The number of nitrogens with zero attached hydrogens (tertiary/aromatic N) is 2. The van der Waals surface area contributed by atoms with E-state index in [2.05, 4.69) is 53.6 Å². The summed E-state index contributed by atoms with van der Waals surface area (Å²) in [6.07, 6.45) is 8.10. The van der Waals surface area contributed by atoms with E-state index >= 15 is 0 Å². The summed E-state index contributed by atoms with van der Waals surface area (Å²) in [4.78, 5) is 0. The highest BCUT2D eigenvalue weighted by atomic mass is 79.9. The van der Waals surface area contributed by atoms with Crippen molar-refractivity contribution < 1.29 is 0 Å². The quantitative estimate of drug-likeness (QED) is 0.642. The molecule has 1 atom stereocenters. The van der Waals surface area contributed by atoms with Gasteiger partial charge in [-0.15, -0.1) is 0 Å². The number of rotatable bonds is 8. The third kappa shape index (κ3) is 4.46. The molecule has 0 aliphatic rings. The highest BCUT2D eigenvalue weighted by molar-refractivity contribution is 9.09. The number of alkyl halides is 1. The van der Waals surface area contributed by atoms with Gasteiger partial charge in [-0.2, -0.15) is 5.10 Å². The van der Waals surface area contributed by atoms with Crippen LogP contribution in [-0.4, -0.2) is 15.1 Å². The third-order valence-corrected chi connectivity index (χ3v) is 4.31. The van der Waals surface area contributed by atoms with E-state index in [9.17, 15) is 0 Å². The first kappa shape index (κ1) is 14.7. The Morgan fingerprint density at radius 3 is 2.53 bits per heavy atom. The molecule has 98 valence electrons. The Labute approximate surface area is 114 Å². The predicted molar refractivity (Wildman–Crippen MR) is 77.7 cm³/mol. The lowest BCUT2D eigenvalue weighted by molar-refractivity contribution is 0.421. The van der Waals surface area contributed by atoms with Crippen LogP contribution in [0.1, 0.15) is 58.2 Å². The summed E-state index contributed by atoms with van der Waals surface area (Å²) in [6, 6.07) is 2.75. The Morgan fingerprint density at radius 1 is 1.29 bits per heavy atom. The molecule has 3 heteroatoms. The van der Waals surface area contributed by atoms with Crippen LogP contribution in [-0.2, 0) is 6.42 Å². The molecule has 0 aliphatic carbocycles. The van der Waals surface area contributed by atoms with E-state index in [-0.39, 0.29) is 0 Å². The van der Waals surface area contributed by atoms with Crippen LogP contribution >= 0.6 is 15.9 Å². The molecule has 0 N–H and O–H groups in total. The Hall–Kier alpha value is -0.310. The molecule has 1 aromatic heterocycles. The molecule has 0 aromatic carbocycles. The first-order chi connectivity index (χ1) is 8.24. The summed E-state index contributed by atoms with van der Waals surface area (Å²) in [5, 5.41) is 5.80. The Bertz CT molecular complexity index is 305. The molecule has 0 bridgehead atoms. The zero-order chi connectivity index (χ0) is 12.7. The molecule has 0 saturated carbocycles. The van der Waals surface area contributed by atoms with Crippen LogP contribution in [0.5, 0.6) is 0 Å². The zero-order valence-electron chi connectivity index (χ0n) is 11.3.